The van der Waals surface area contributed by atoms with Crippen molar-refractivity contribution in [3.05, 3.63) is 29.8 Å². The van der Waals surface area contributed by atoms with Crippen LogP contribution in [0.3, 0.4) is 0 Å². The van der Waals surface area contributed by atoms with Crippen molar-refractivity contribution in [3.63, 3.8) is 0 Å². The van der Waals surface area contributed by atoms with Gasteiger partial charge in [0.1, 0.15) is 0 Å². The molecule has 5 nitrogen and oxygen atoms in total. The molecule has 3 aliphatic rings. The molecule has 5 heteroatoms. The zero-order chi connectivity index (χ0) is 17.2. The number of para-hydroxylation sites is 1. The minimum atomic E-state index is -0.00844. The zero-order valence-corrected chi connectivity index (χ0v) is 14.7. The maximum atomic E-state index is 12.6. The summed E-state index contributed by atoms with van der Waals surface area (Å²) in [5.41, 5.74) is 2.22. The van der Waals surface area contributed by atoms with Crippen LogP contribution in [0.4, 0.5) is 5.69 Å². The lowest BCUT2D eigenvalue weighted by Crippen LogP contribution is -2.44. The highest BCUT2D eigenvalue weighted by Crippen LogP contribution is 2.32. The van der Waals surface area contributed by atoms with Crippen LogP contribution in [0.15, 0.2) is 24.3 Å². The second-order valence-corrected chi connectivity index (χ2v) is 7.73. The van der Waals surface area contributed by atoms with E-state index in [1.54, 1.807) is 0 Å². The number of hydrogen-bond donors (Lipinski definition) is 2. The first-order valence-electron chi connectivity index (χ1n) is 9.60. The minimum Gasteiger partial charge on any atom is -0.347 e. The highest BCUT2D eigenvalue weighted by molar-refractivity contribution is 5.97. The van der Waals surface area contributed by atoms with Gasteiger partial charge < -0.3 is 15.5 Å². The van der Waals surface area contributed by atoms with Crippen molar-refractivity contribution in [1.29, 1.82) is 0 Å². The summed E-state index contributed by atoms with van der Waals surface area (Å²) in [5, 5.41) is 6.46. The lowest BCUT2D eigenvalue weighted by Gasteiger charge is -2.30. The number of piperidine rings is 1. The molecular weight excluding hydrogens is 314 g/mol. The average Bonchev–Trinajstić information content (AvgIpc) is 2.97. The first-order chi connectivity index (χ1) is 12.2. The van der Waals surface area contributed by atoms with Crippen LogP contribution in [0.2, 0.25) is 0 Å². The summed E-state index contributed by atoms with van der Waals surface area (Å²) in [6.07, 6.45) is 7.23. The third-order valence-electron chi connectivity index (χ3n) is 5.89. The highest BCUT2D eigenvalue weighted by Gasteiger charge is 2.34. The third kappa shape index (κ3) is 3.71. The number of fused-ring (bicyclic) bond motifs is 3. The molecule has 0 aliphatic carbocycles. The quantitative estimate of drug-likeness (QED) is 0.881. The van der Waals surface area contributed by atoms with E-state index in [4.69, 9.17) is 0 Å². The minimum absolute atomic E-state index is 0.00844. The van der Waals surface area contributed by atoms with Gasteiger partial charge in [-0.1, -0.05) is 18.2 Å². The fourth-order valence-electron chi connectivity index (χ4n) is 4.74. The maximum Gasteiger partial charge on any atom is 0.246 e. The van der Waals surface area contributed by atoms with E-state index in [-0.39, 0.29) is 18.4 Å². The summed E-state index contributed by atoms with van der Waals surface area (Å²) in [5.74, 6) is 0.473. The molecule has 134 valence electrons. The molecule has 2 fully saturated rings. The summed E-state index contributed by atoms with van der Waals surface area (Å²) in [7, 11) is 0. The molecule has 1 aromatic rings. The van der Waals surface area contributed by atoms with E-state index >= 15 is 0 Å². The molecule has 25 heavy (non-hydrogen) atoms. The van der Waals surface area contributed by atoms with Gasteiger partial charge in [-0.25, -0.2) is 0 Å². The number of hydrogen-bond acceptors (Lipinski definition) is 3. The molecule has 3 heterocycles. The SMILES string of the molecule is O=C(CC1CC2CCC(C1)N2)NCC(=O)N1CCCc2ccccc21. The fourth-order valence-corrected chi connectivity index (χ4v) is 4.74. The van der Waals surface area contributed by atoms with Crippen LogP contribution in [0.1, 0.15) is 44.1 Å². The molecule has 0 spiro atoms. The number of rotatable bonds is 4. The Morgan fingerprint density at radius 2 is 1.92 bits per heavy atom. The fraction of sp³-hybridized carbons (Fsp3) is 0.600. The topological polar surface area (TPSA) is 61.4 Å². The van der Waals surface area contributed by atoms with Crippen LogP contribution in [-0.4, -0.2) is 37.0 Å². The predicted octanol–water partition coefficient (Wildman–Crippen LogP) is 2.00. The van der Waals surface area contributed by atoms with Crippen LogP contribution in [0.25, 0.3) is 0 Å². The molecule has 2 amide bonds. The van der Waals surface area contributed by atoms with Crippen molar-refractivity contribution in [2.75, 3.05) is 18.0 Å². The van der Waals surface area contributed by atoms with Crippen LogP contribution >= 0.6 is 0 Å². The molecule has 0 saturated carbocycles. The first kappa shape index (κ1) is 16.6. The molecule has 0 aromatic heterocycles. The lowest BCUT2D eigenvalue weighted by molar-refractivity contribution is -0.125. The summed E-state index contributed by atoms with van der Waals surface area (Å²) in [6.45, 7) is 0.842. The molecule has 0 radical (unpaired) electrons. The van der Waals surface area contributed by atoms with Crippen molar-refractivity contribution in [2.45, 2.75) is 57.0 Å². The van der Waals surface area contributed by atoms with E-state index in [1.807, 2.05) is 23.1 Å². The molecule has 2 atom stereocenters. The number of nitrogens with one attached hydrogen (secondary N) is 2. The number of benzene rings is 1. The number of carbonyl (C=O) groups is 2. The average molecular weight is 341 g/mol. The van der Waals surface area contributed by atoms with E-state index in [9.17, 15) is 9.59 Å². The van der Waals surface area contributed by atoms with Crippen molar-refractivity contribution < 1.29 is 9.59 Å². The summed E-state index contributed by atoms with van der Waals surface area (Å²) in [6, 6.07) is 9.26. The van der Waals surface area contributed by atoms with Crippen molar-refractivity contribution in [1.82, 2.24) is 10.6 Å². The lowest BCUT2D eigenvalue weighted by atomic mass is 9.89. The second-order valence-electron chi connectivity index (χ2n) is 7.73. The Morgan fingerprint density at radius 1 is 1.16 bits per heavy atom. The van der Waals surface area contributed by atoms with E-state index in [2.05, 4.69) is 16.7 Å². The van der Waals surface area contributed by atoms with Crippen LogP contribution in [0, 0.1) is 5.92 Å². The van der Waals surface area contributed by atoms with Crippen molar-refractivity contribution in [3.8, 4) is 0 Å². The molecular formula is C20H27N3O2. The highest BCUT2D eigenvalue weighted by atomic mass is 16.2. The van der Waals surface area contributed by atoms with Crippen LogP contribution in [-0.2, 0) is 16.0 Å². The Morgan fingerprint density at radius 3 is 2.72 bits per heavy atom. The van der Waals surface area contributed by atoms with Gasteiger partial charge in [0.05, 0.1) is 6.54 Å². The summed E-state index contributed by atoms with van der Waals surface area (Å²) < 4.78 is 0. The normalized spacial score (nSPS) is 27.7. The van der Waals surface area contributed by atoms with Gasteiger partial charge in [-0.05, 0) is 56.1 Å². The molecule has 3 aliphatic heterocycles. The Hall–Kier alpha value is -1.88. The Kier molecular flexibility index (Phi) is 4.75. The van der Waals surface area contributed by atoms with E-state index in [0.29, 0.717) is 24.4 Å². The van der Waals surface area contributed by atoms with Gasteiger partial charge in [0, 0.05) is 30.7 Å². The van der Waals surface area contributed by atoms with Crippen LogP contribution < -0.4 is 15.5 Å². The standard InChI is InChI=1S/C20H27N3O2/c24-19(12-14-10-16-7-8-17(11-14)22-16)21-13-20(25)23-9-3-5-15-4-1-2-6-18(15)23/h1-2,4,6,14,16-17,22H,3,5,7-13H2,(H,21,24). The third-order valence-corrected chi connectivity index (χ3v) is 5.89. The van der Waals surface area contributed by atoms with E-state index in [1.165, 1.54) is 18.4 Å². The molecule has 2 saturated heterocycles. The van der Waals surface area contributed by atoms with E-state index < -0.39 is 0 Å². The number of carbonyl (C=O) groups excluding carboxylic acids is 2. The number of nitrogens with zero attached hydrogens (tertiary/aromatic N) is 1. The van der Waals surface area contributed by atoms with Gasteiger partial charge in [0.15, 0.2) is 0 Å². The van der Waals surface area contributed by atoms with Crippen molar-refractivity contribution in [2.24, 2.45) is 5.92 Å². The van der Waals surface area contributed by atoms with Gasteiger partial charge in [-0.15, -0.1) is 0 Å². The monoisotopic (exact) mass is 341 g/mol. The van der Waals surface area contributed by atoms with Gasteiger partial charge in [-0.2, -0.15) is 0 Å². The second kappa shape index (κ2) is 7.16. The molecule has 2 N–H and O–H groups in total. The smallest absolute Gasteiger partial charge is 0.246 e. The summed E-state index contributed by atoms with van der Waals surface area (Å²) >= 11 is 0. The number of aryl methyl sites for hydroxylation is 1. The molecule has 2 unspecified atom stereocenters. The van der Waals surface area contributed by atoms with Gasteiger partial charge in [0.2, 0.25) is 11.8 Å². The Labute approximate surface area is 149 Å². The molecule has 4 rings (SSSR count). The Balaban J connectivity index is 1.28. The number of amides is 2. The summed E-state index contributed by atoms with van der Waals surface area (Å²) in [4.78, 5) is 26.7. The van der Waals surface area contributed by atoms with Crippen LogP contribution in [0.5, 0.6) is 0 Å². The first-order valence-corrected chi connectivity index (χ1v) is 9.60. The van der Waals surface area contributed by atoms with Gasteiger partial charge in [0.25, 0.3) is 0 Å². The Bertz CT molecular complexity index is 648. The van der Waals surface area contributed by atoms with Gasteiger partial charge >= 0.3 is 0 Å². The maximum absolute atomic E-state index is 12.6. The van der Waals surface area contributed by atoms with E-state index in [0.717, 1.165) is 37.9 Å². The number of anilines is 1. The van der Waals surface area contributed by atoms with Crippen molar-refractivity contribution >= 4 is 17.5 Å². The largest absolute Gasteiger partial charge is 0.347 e. The predicted molar refractivity (Wildman–Crippen MR) is 97.4 cm³/mol. The molecule has 1 aromatic carbocycles. The zero-order valence-electron chi connectivity index (χ0n) is 14.7. The van der Waals surface area contributed by atoms with Gasteiger partial charge in [-0.3, -0.25) is 9.59 Å². The molecule has 2 bridgehead atoms.